The number of nitrogens with two attached hydrogens (primary N) is 1. The average Bonchev–Trinajstić information content (AvgIpc) is 4.26. The van der Waals surface area contributed by atoms with Crippen LogP contribution in [-0.4, -0.2) is 4.57 Å². The van der Waals surface area contributed by atoms with Crippen LogP contribution in [0.25, 0.3) is 137 Å². The molecular weight excluding hydrogens is 929 g/mol. The van der Waals surface area contributed by atoms with Gasteiger partial charge in [0.2, 0.25) is 0 Å². The van der Waals surface area contributed by atoms with Crippen molar-refractivity contribution in [2.75, 3.05) is 5.73 Å². The van der Waals surface area contributed by atoms with Gasteiger partial charge in [-0.15, -0.1) is 0 Å². The van der Waals surface area contributed by atoms with Crippen LogP contribution in [-0.2, 0) is 6.42 Å². The molecule has 16 aromatic rings. The Morgan fingerprint density at radius 1 is 0.329 bits per heavy atom. The van der Waals surface area contributed by atoms with Crippen molar-refractivity contribution in [1.29, 1.82) is 0 Å². The van der Waals surface area contributed by atoms with Crippen LogP contribution >= 0.6 is 0 Å². The Hall–Kier alpha value is -10.1. The molecule has 12 aromatic carbocycles. The third-order valence-corrected chi connectivity index (χ3v) is 15.3. The van der Waals surface area contributed by atoms with E-state index >= 15 is 0 Å². The molecule has 2 N–H and O–H groups in total. The highest BCUT2D eigenvalue weighted by atomic mass is 16.3. The summed E-state index contributed by atoms with van der Waals surface area (Å²) >= 11 is 0. The molecule has 0 saturated heterocycles. The summed E-state index contributed by atoms with van der Waals surface area (Å²) in [6, 6.07) is 89.7. The number of rotatable bonds is 6. The molecule has 0 spiro atoms. The summed E-state index contributed by atoms with van der Waals surface area (Å²) in [6.07, 6.45) is 0.826. The number of para-hydroxylation sites is 4. The van der Waals surface area contributed by atoms with Crippen LogP contribution in [0.1, 0.15) is 11.1 Å². The number of anilines is 1. The van der Waals surface area contributed by atoms with Gasteiger partial charge in [-0.2, -0.15) is 0 Å². The van der Waals surface area contributed by atoms with E-state index in [0.29, 0.717) is 0 Å². The Labute approximate surface area is 436 Å². The molecule has 0 aliphatic heterocycles. The minimum absolute atomic E-state index is 0.733. The summed E-state index contributed by atoms with van der Waals surface area (Å²) in [5, 5.41) is 11.7. The van der Waals surface area contributed by atoms with Crippen molar-refractivity contribution in [3.05, 3.63) is 266 Å². The molecular formula is C71H46N2O3. The Morgan fingerprint density at radius 3 is 1.68 bits per heavy atom. The molecule has 0 unspecified atom stereocenters. The Bertz CT molecular complexity index is 4900. The van der Waals surface area contributed by atoms with Gasteiger partial charge in [0, 0.05) is 61.1 Å². The van der Waals surface area contributed by atoms with Crippen molar-refractivity contribution in [3.63, 3.8) is 0 Å². The SMILES string of the molecule is Nc1cccc2oc3ccc(-c4ccc5c(c4)c4c6ccccc6ccc4n5-c4ccc(-c5ccccc5)cc4)cc3c12.c1ccc2c(c1)oc1c(Cc3ccc(-c4cccc5c4oc4ccccc45)cc3)cccc12. The fourth-order valence-corrected chi connectivity index (χ4v) is 11.7. The van der Waals surface area contributed by atoms with E-state index in [4.69, 9.17) is 19.0 Å². The van der Waals surface area contributed by atoms with Gasteiger partial charge in [-0.3, -0.25) is 0 Å². The molecule has 4 heterocycles. The van der Waals surface area contributed by atoms with Crippen LogP contribution < -0.4 is 5.73 Å². The molecule has 0 bridgehead atoms. The topological polar surface area (TPSA) is 70.4 Å². The molecule has 76 heavy (non-hydrogen) atoms. The Kier molecular flexibility index (Phi) is 10.0. The van der Waals surface area contributed by atoms with Crippen LogP contribution in [0.5, 0.6) is 0 Å². The van der Waals surface area contributed by atoms with Gasteiger partial charge in [0.1, 0.15) is 33.5 Å². The first-order chi connectivity index (χ1) is 37.6. The maximum atomic E-state index is 6.38. The lowest BCUT2D eigenvalue weighted by atomic mass is 9.98. The monoisotopic (exact) mass is 974 g/mol. The molecule has 0 amide bonds. The van der Waals surface area contributed by atoms with Crippen LogP contribution in [0, 0.1) is 0 Å². The third-order valence-electron chi connectivity index (χ3n) is 15.3. The second kappa shape index (κ2) is 17.5. The first kappa shape index (κ1) is 43.5. The zero-order valence-electron chi connectivity index (χ0n) is 41.2. The molecule has 0 aliphatic rings. The largest absolute Gasteiger partial charge is 0.456 e. The lowest BCUT2D eigenvalue weighted by Crippen LogP contribution is -1.94. The molecule has 4 aromatic heterocycles. The van der Waals surface area contributed by atoms with E-state index in [-0.39, 0.29) is 0 Å². The van der Waals surface area contributed by atoms with E-state index in [1.54, 1.807) is 0 Å². The van der Waals surface area contributed by atoms with Crippen molar-refractivity contribution in [1.82, 2.24) is 4.57 Å². The van der Waals surface area contributed by atoms with Crippen molar-refractivity contribution in [3.8, 4) is 39.1 Å². The summed E-state index contributed by atoms with van der Waals surface area (Å²) in [5.74, 6) is 0. The normalized spacial score (nSPS) is 11.8. The number of aromatic nitrogens is 1. The molecule has 0 radical (unpaired) electrons. The second-order valence-electron chi connectivity index (χ2n) is 19.7. The van der Waals surface area contributed by atoms with Gasteiger partial charge >= 0.3 is 0 Å². The van der Waals surface area contributed by atoms with Crippen molar-refractivity contribution in [2.24, 2.45) is 0 Å². The molecule has 0 aliphatic carbocycles. The quantitative estimate of drug-likeness (QED) is 0.169. The van der Waals surface area contributed by atoms with Crippen molar-refractivity contribution < 1.29 is 13.3 Å². The summed E-state index contributed by atoms with van der Waals surface area (Å²) < 4.78 is 20.9. The lowest BCUT2D eigenvalue weighted by Gasteiger charge is -2.10. The van der Waals surface area contributed by atoms with E-state index in [2.05, 4.69) is 217 Å². The average molecular weight is 975 g/mol. The zero-order chi connectivity index (χ0) is 50.3. The molecule has 358 valence electrons. The van der Waals surface area contributed by atoms with E-state index in [1.165, 1.54) is 65.6 Å². The third kappa shape index (κ3) is 7.16. The van der Waals surface area contributed by atoms with E-state index in [9.17, 15) is 0 Å². The summed E-state index contributed by atoms with van der Waals surface area (Å²) in [4.78, 5) is 0. The summed E-state index contributed by atoms with van der Waals surface area (Å²) in [7, 11) is 0. The van der Waals surface area contributed by atoms with E-state index in [0.717, 1.165) is 95.1 Å². The van der Waals surface area contributed by atoms with Crippen molar-refractivity contribution >= 4 is 104 Å². The van der Waals surface area contributed by atoms with Crippen molar-refractivity contribution in [2.45, 2.75) is 6.42 Å². The minimum Gasteiger partial charge on any atom is -0.456 e. The maximum absolute atomic E-state index is 6.38. The molecule has 0 fully saturated rings. The van der Waals surface area contributed by atoms with Gasteiger partial charge in [-0.1, -0.05) is 188 Å². The second-order valence-corrected chi connectivity index (χ2v) is 19.7. The predicted molar refractivity (Wildman–Crippen MR) is 317 cm³/mol. The number of hydrogen-bond donors (Lipinski definition) is 1. The summed E-state index contributed by atoms with van der Waals surface area (Å²) in [5.41, 5.74) is 25.5. The van der Waals surface area contributed by atoms with E-state index < -0.39 is 0 Å². The predicted octanol–water partition coefficient (Wildman–Crippen LogP) is 19.5. The number of nitrogens with zero attached hydrogens (tertiary/aromatic N) is 1. The Balaban J connectivity index is 0.000000138. The fraction of sp³-hybridized carbons (Fsp3) is 0.0141. The first-order valence-electron chi connectivity index (χ1n) is 25.8. The maximum Gasteiger partial charge on any atom is 0.143 e. The highest BCUT2D eigenvalue weighted by molar-refractivity contribution is 6.22. The highest BCUT2D eigenvalue weighted by Crippen LogP contribution is 2.42. The molecule has 5 nitrogen and oxygen atoms in total. The van der Waals surface area contributed by atoms with Gasteiger partial charge in [0.15, 0.2) is 0 Å². The van der Waals surface area contributed by atoms with Gasteiger partial charge in [0.05, 0.1) is 16.4 Å². The number of benzene rings is 12. The number of hydrogen-bond acceptors (Lipinski definition) is 4. The van der Waals surface area contributed by atoms with Crippen LogP contribution in [0.4, 0.5) is 5.69 Å². The van der Waals surface area contributed by atoms with Crippen LogP contribution in [0.2, 0.25) is 0 Å². The lowest BCUT2D eigenvalue weighted by molar-refractivity contribution is 0.664. The fourth-order valence-electron chi connectivity index (χ4n) is 11.7. The molecule has 0 atom stereocenters. The van der Waals surface area contributed by atoms with Crippen LogP contribution in [0.3, 0.4) is 0 Å². The molecule has 5 heteroatoms. The molecule has 16 rings (SSSR count). The molecule has 0 saturated carbocycles. The van der Waals surface area contributed by atoms with Gasteiger partial charge < -0.3 is 23.6 Å². The smallest absolute Gasteiger partial charge is 0.143 e. The number of nitrogen functional groups attached to an aromatic ring is 1. The standard InChI is InChI=1S/C40H26N2O.C31H20O2/c41-34-11-6-12-38-40(34)33-24-29(17-22-37(33)43-38)28-16-20-35-32(23-28)39-31-10-5-4-9-27(31)15-21-36(39)42(35)30-18-13-26(14-19-30)25-7-2-1-3-8-25;1-3-13-28-24(8-1)26-11-5-7-22(30(26)32-28)19-20-15-17-21(18-16-20)23-10-6-12-27-25-9-2-4-14-29(25)33-31(23)27/h1-24H,41H2;1-18H,19H2. The van der Waals surface area contributed by atoms with Crippen LogP contribution in [0.15, 0.2) is 268 Å². The zero-order valence-corrected chi connectivity index (χ0v) is 41.2. The number of furan rings is 3. The highest BCUT2D eigenvalue weighted by Gasteiger charge is 2.18. The minimum atomic E-state index is 0.733. The van der Waals surface area contributed by atoms with Gasteiger partial charge in [-0.05, 0) is 116 Å². The van der Waals surface area contributed by atoms with E-state index in [1.807, 2.05) is 42.5 Å². The first-order valence-corrected chi connectivity index (χ1v) is 25.8. The Morgan fingerprint density at radius 2 is 0.895 bits per heavy atom. The summed E-state index contributed by atoms with van der Waals surface area (Å²) in [6.45, 7) is 0. The number of fused-ring (bicyclic) bond motifs is 14. The van der Waals surface area contributed by atoms with Gasteiger partial charge in [-0.25, -0.2) is 0 Å². The van der Waals surface area contributed by atoms with Gasteiger partial charge in [0.25, 0.3) is 0 Å².